The zero-order chi connectivity index (χ0) is 16.0. The molecule has 1 aliphatic heterocycles. The van der Waals surface area contributed by atoms with Gasteiger partial charge in [0.1, 0.15) is 5.75 Å². The number of carboxylic acid groups (broad SMARTS) is 1. The van der Waals surface area contributed by atoms with Gasteiger partial charge in [-0.05, 0) is 31.0 Å². The van der Waals surface area contributed by atoms with Gasteiger partial charge in [-0.25, -0.2) is 0 Å². The fraction of sp³-hybridized carbons (Fsp3) is 0.467. The van der Waals surface area contributed by atoms with E-state index in [0.717, 1.165) is 0 Å². The molecular weight excluding hydrogens is 310 g/mol. The molecule has 1 aromatic carbocycles. The van der Waals surface area contributed by atoms with Gasteiger partial charge in [-0.1, -0.05) is 17.7 Å². The van der Waals surface area contributed by atoms with Crippen LogP contribution in [0.25, 0.3) is 0 Å². The summed E-state index contributed by atoms with van der Waals surface area (Å²) >= 11 is 5.84. The molecule has 6 nitrogen and oxygen atoms in total. The van der Waals surface area contributed by atoms with Crippen molar-refractivity contribution in [1.82, 2.24) is 5.32 Å². The molecule has 1 amide bonds. The fourth-order valence-electron chi connectivity index (χ4n) is 2.44. The molecule has 1 aliphatic rings. The third kappa shape index (κ3) is 4.89. The van der Waals surface area contributed by atoms with E-state index in [-0.39, 0.29) is 18.9 Å². The molecule has 22 heavy (non-hydrogen) atoms. The molecule has 120 valence electrons. The minimum atomic E-state index is -0.946. The number of benzene rings is 1. The molecule has 2 rings (SSSR count). The average molecular weight is 328 g/mol. The molecule has 2 N–H and O–H groups in total. The molecule has 7 heteroatoms. The van der Waals surface area contributed by atoms with Crippen LogP contribution in [0, 0.1) is 0 Å². The van der Waals surface area contributed by atoms with Gasteiger partial charge in [0.15, 0.2) is 6.61 Å². The monoisotopic (exact) mass is 327 g/mol. The molecular formula is C15H18ClNO5. The Morgan fingerprint density at radius 2 is 2.09 bits per heavy atom. The van der Waals surface area contributed by atoms with Crippen LogP contribution in [-0.2, 0) is 14.3 Å². The summed E-state index contributed by atoms with van der Waals surface area (Å²) < 4.78 is 10.6. The van der Waals surface area contributed by atoms with Crippen LogP contribution in [0.4, 0.5) is 0 Å². The smallest absolute Gasteiger partial charge is 0.305 e. The second-order valence-corrected chi connectivity index (χ2v) is 5.69. The molecule has 0 bridgehead atoms. The van der Waals surface area contributed by atoms with Crippen LogP contribution in [-0.4, -0.2) is 42.3 Å². The first-order valence-corrected chi connectivity index (χ1v) is 7.36. The summed E-state index contributed by atoms with van der Waals surface area (Å²) in [4.78, 5) is 23.1. The molecule has 0 radical (unpaired) electrons. The summed E-state index contributed by atoms with van der Waals surface area (Å²) in [6.45, 7) is 0.675. The lowest BCUT2D eigenvalue weighted by atomic mass is 9.86. The summed E-state index contributed by atoms with van der Waals surface area (Å²) in [5.41, 5.74) is -0.765. The van der Waals surface area contributed by atoms with Crippen LogP contribution in [0.5, 0.6) is 5.75 Å². The van der Waals surface area contributed by atoms with Crippen molar-refractivity contribution in [1.29, 1.82) is 0 Å². The van der Waals surface area contributed by atoms with Gasteiger partial charge in [0, 0.05) is 18.2 Å². The van der Waals surface area contributed by atoms with E-state index in [9.17, 15) is 9.59 Å². The molecule has 1 fully saturated rings. The Morgan fingerprint density at radius 1 is 1.36 bits per heavy atom. The quantitative estimate of drug-likeness (QED) is 0.833. The number of carbonyl (C=O) groups excluding carboxylic acids is 1. The Hall–Kier alpha value is -1.79. The number of nitrogens with one attached hydrogen (secondary N) is 1. The van der Waals surface area contributed by atoms with E-state index in [1.165, 1.54) is 0 Å². The Bertz CT molecular complexity index is 542. The minimum Gasteiger partial charge on any atom is -0.484 e. The number of hydrogen-bond acceptors (Lipinski definition) is 4. The first kappa shape index (κ1) is 16.6. The third-order valence-corrected chi connectivity index (χ3v) is 3.75. The number of hydrogen-bond donors (Lipinski definition) is 2. The number of amides is 1. The highest BCUT2D eigenvalue weighted by Gasteiger charge is 2.36. The van der Waals surface area contributed by atoms with Gasteiger partial charge in [0.25, 0.3) is 5.91 Å². The number of rotatable bonds is 6. The van der Waals surface area contributed by atoms with E-state index in [4.69, 9.17) is 26.2 Å². The van der Waals surface area contributed by atoms with E-state index >= 15 is 0 Å². The van der Waals surface area contributed by atoms with Gasteiger partial charge in [0.05, 0.1) is 12.0 Å². The molecule has 0 spiro atoms. The highest BCUT2D eigenvalue weighted by atomic mass is 35.5. The average Bonchev–Trinajstić information content (AvgIpc) is 2.45. The Morgan fingerprint density at radius 3 is 2.73 bits per heavy atom. The second-order valence-electron chi connectivity index (χ2n) is 5.26. The predicted molar refractivity (Wildman–Crippen MR) is 80.1 cm³/mol. The first-order chi connectivity index (χ1) is 10.5. The van der Waals surface area contributed by atoms with E-state index in [0.29, 0.717) is 36.8 Å². The van der Waals surface area contributed by atoms with Crippen molar-refractivity contribution in [3.8, 4) is 5.75 Å². The molecule has 0 atom stereocenters. The number of carboxylic acids is 1. The number of halogens is 1. The molecule has 0 aromatic heterocycles. The number of aliphatic carboxylic acids is 1. The maximum absolute atomic E-state index is 12.1. The summed E-state index contributed by atoms with van der Waals surface area (Å²) in [6.07, 6.45) is 0.823. The van der Waals surface area contributed by atoms with Crippen molar-refractivity contribution in [3.63, 3.8) is 0 Å². The van der Waals surface area contributed by atoms with Gasteiger partial charge < -0.3 is 19.9 Å². The maximum atomic E-state index is 12.1. The molecule has 1 heterocycles. The Labute approximate surface area is 133 Å². The molecule has 0 aliphatic carbocycles. The van der Waals surface area contributed by atoms with E-state index in [2.05, 4.69) is 5.32 Å². The fourth-order valence-corrected chi connectivity index (χ4v) is 2.62. The van der Waals surface area contributed by atoms with Gasteiger partial charge in [-0.2, -0.15) is 0 Å². The van der Waals surface area contributed by atoms with Gasteiger partial charge in [-0.3, -0.25) is 9.59 Å². The second kappa shape index (κ2) is 7.47. The van der Waals surface area contributed by atoms with Crippen molar-refractivity contribution in [2.45, 2.75) is 24.8 Å². The number of carbonyl (C=O) groups is 2. The van der Waals surface area contributed by atoms with Crippen molar-refractivity contribution in [3.05, 3.63) is 29.3 Å². The van der Waals surface area contributed by atoms with Crippen molar-refractivity contribution < 1.29 is 24.2 Å². The van der Waals surface area contributed by atoms with E-state index in [1.807, 2.05) is 0 Å². The SMILES string of the molecule is O=C(O)CC1(NC(=O)COc2cccc(Cl)c2)CCOCC1. The highest BCUT2D eigenvalue weighted by Crippen LogP contribution is 2.24. The Kier molecular flexibility index (Phi) is 5.63. The lowest BCUT2D eigenvalue weighted by Gasteiger charge is -2.36. The predicted octanol–water partition coefficient (Wildman–Crippen LogP) is 1.86. The summed E-state index contributed by atoms with van der Waals surface area (Å²) in [5, 5.41) is 12.4. The molecule has 1 aromatic rings. The first-order valence-electron chi connectivity index (χ1n) is 6.98. The van der Waals surface area contributed by atoms with Crippen molar-refractivity contribution in [2.75, 3.05) is 19.8 Å². The molecule has 0 unspecified atom stereocenters. The van der Waals surface area contributed by atoms with Crippen LogP contribution in [0.3, 0.4) is 0 Å². The zero-order valence-electron chi connectivity index (χ0n) is 12.0. The largest absolute Gasteiger partial charge is 0.484 e. The van der Waals surface area contributed by atoms with Gasteiger partial charge >= 0.3 is 5.97 Å². The molecule has 1 saturated heterocycles. The summed E-state index contributed by atoms with van der Waals surface area (Å²) in [5.74, 6) is -0.817. The van der Waals surface area contributed by atoms with E-state index in [1.54, 1.807) is 24.3 Å². The van der Waals surface area contributed by atoms with Gasteiger partial charge in [0.2, 0.25) is 0 Å². The molecule has 0 saturated carbocycles. The van der Waals surface area contributed by atoms with Crippen LogP contribution < -0.4 is 10.1 Å². The number of ether oxygens (including phenoxy) is 2. The normalized spacial score (nSPS) is 16.8. The van der Waals surface area contributed by atoms with Crippen LogP contribution >= 0.6 is 11.6 Å². The summed E-state index contributed by atoms with van der Waals surface area (Å²) in [6, 6.07) is 6.73. The minimum absolute atomic E-state index is 0.126. The Balaban J connectivity index is 1.92. The topological polar surface area (TPSA) is 84.9 Å². The highest BCUT2D eigenvalue weighted by molar-refractivity contribution is 6.30. The standard InChI is InChI=1S/C15H18ClNO5/c16-11-2-1-3-12(8-11)22-10-13(18)17-15(9-14(19)20)4-6-21-7-5-15/h1-3,8H,4-7,9-10H2,(H,17,18)(H,19,20). The zero-order valence-corrected chi connectivity index (χ0v) is 12.8. The van der Waals surface area contributed by atoms with Crippen LogP contribution in [0.15, 0.2) is 24.3 Å². The van der Waals surface area contributed by atoms with Crippen LogP contribution in [0.2, 0.25) is 5.02 Å². The van der Waals surface area contributed by atoms with E-state index < -0.39 is 11.5 Å². The van der Waals surface area contributed by atoms with Crippen LogP contribution in [0.1, 0.15) is 19.3 Å². The maximum Gasteiger partial charge on any atom is 0.305 e. The van der Waals surface area contributed by atoms with Crippen molar-refractivity contribution in [2.24, 2.45) is 0 Å². The van der Waals surface area contributed by atoms with Crippen molar-refractivity contribution >= 4 is 23.5 Å². The third-order valence-electron chi connectivity index (χ3n) is 3.51. The summed E-state index contributed by atoms with van der Waals surface area (Å²) in [7, 11) is 0. The van der Waals surface area contributed by atoms with Gasteiger partial charge in [-0.15, -0.1) is 0 Å². The lowest BCUT2D eigenvalue weighted by Crippen LogP contribution is -2.54. The lowest BCUT2D eigenvalue weighted by molar-refractivity contribution is -0.140.